The summed E-state index contributed by atoms with van der Waals surface area (Å²) in [4.78, 5) is 0. The lowest BCUT2D eigenvalue weighted by Gasteiger charge is -2.51. The highest BCUT2D eigenvalue weighted by atomic mass is 17.0. The monoisotopic (exact) mass is 178 g/mol. The molecule has 5 nitrogen and oxygen atoms in total. The van der Waals surface area contributed by atoms with Gasteiger partial charge in [0.05, 0.1) is 19.1 Å². The average Bonchev–Trinajstić information content (AvgIpc) is 1.85. The zero-order chi connectivity index (χ0) is 9.41. The van der Waals surface area contributed by atoms with Gasteiger partial charge in [-0.1, -0.05) is 0 Å². The second-order valence-corrected chi connectivity index (χ2v) is 3.30. The van der Waals surface area contributed by atoms with Crippen LogP contribution in [0, 0.1) is 5.92 Å². The van der Waals surface area contributed by atoms with Gasteiger partial charge in [-0.25, -0.2) is 0 Å². The summed E-state index contributed by atoms with van der Waals surface area (Å²) < 4.78 is 9.94. The third-order valence-electron chi connectivity index (χ3n) is 1.74. The molecule has 0 aliphatic carbocycles. The van der Waals surface area contributed by atoms with Crippen LogP contribution in [0.4, 0.5) is 0 Å². The zero-order valence-electron chi connectivity index (χ0n) is 7.15. The van der Waals surface area contributed by atoms with Crippen LogP contribution in [0.2, 0.25) is 0 Å². The van der Waals surface area contributed by atoms with E-state index in [2.05, 4.69) is 0 Å². The third-order valence-corrected chi connectivity index (χ3v) is 1.74. The van der Waals surface area contributed by atoms with Crippen LogP contribution >= 0.6 is 0 Å². The molecule has 1 rings (SSSR count). The highest BCUT2D eigenvalue weighted by Crippen LogP contribution is 2.40. The van der Waals surface area contributed by atoms with Crippen molar-refractivity contribution in [3.8, 4) is 0 Å². The minimum Gasteiger partial charge on any atom is -0.396 e. The van der Waals surface area contributed by atoms with Crippen molar-refractivity contribution in [3.63, 3.8) is 0 Å². The molecule has 0 bridgehead atoms. The predicted octanol–water partition coefficient (Wildman–Crippen LogP) is -0.984. The van der Waals surface area contributed by atoms with Crippen molar-refractivity contribution >= 4 is 0 Å². The Morgan fingerprint density at radius 3 is 1.83 bits per heavy atom. The smallest absolute Gasteiger partial charge is 0.292 e. The normalized spacial score (nSPS) is 25.5. The van der Waals surface area contributed by atoms with Gasteiger partial charge in [-0.05, 0) is 13.8 Å². The first-order valence-electron chi connectivity index (χ1n) is 3.78. The van der Waals surface area contributed by atoms with Crippen molar-refractivity contribution in [2.45, 2.75) is 25.6 Å². The Hall–Kier alpha value is -0.200. The SMILES string of the molecule is CC1(C)OC(O)(C(CO)CO)O1. The fourth-order valence-electron chi connectivity index (χ4n) is 1.17. The first kappa shape index (κ1) is 9.88. The van der Waals surface area contributed by atoms with Gasteiger partial charge >= 0.3 is 0 Å². The van der Waals surface area contributed by atoms with Crippen LogP contribution in [-0.2, 0) is 9.47 Å². The van der Waals surface area contributed by atoms with Crippen molar-refractivity contribution in [2.75, 3.05) is 13.2 Å². The molecule has 0 radical (unpaired) electrons. The van der Waals surface area contributed by atoms with Crippen molar-refractivity contribution < 1.29 is 24.8 Å². The molecule has 1 aliphatic heterocycles. The van der Waals surface area contributed by atoms with Crippen LogP contribution in [0.1, 0.15) is 13.8 Å². The van der Waals surface area contributed by atoms with E-state index in [1.807, 2.05) is 0 Å². The van der Waals surface area contributed by atoms with E-state index in [-0.39, 0.29) is 13.2 Å². The Bertz CT molecular complexity index is 155. The van der Waals surface area contributed by atoms with Gasteiger partial charge in [0.25, 0.3) is 5.97 Å². The fraction of sp³-hybridized carbons (Fsp3) is 1.00. The van der Waals surface area contributed by atoms with Gasteiger partial charge in [0, 0.05) is 0 Å². The van der Waals surface area contributed by atoms with Crippen LogP contribution in [0.15, 0.2) is 0 Å². The summed E-state index contributed by atoms with van der Waals surface area (Å²) in [5.41, 5.74) is 0. The van der Waals surface area contributed by atoms with E-state index in [1.54, 1.807) is 13.8 Å². The molecule has 0 atom stereocenters. The number of hydrogen-bond acceptors (Lipinski definition) is 5. The van der Waals surface area contributed by atoms with Crippen molar-refractivity contribution in [1.29, 1.82) is 0 Å². The summed E-state index contributed by atoms with van der Waals surface area (Å²) >= 11 is 0. The van der Waals surface area contributed by atoms with E-state index in [0.29, 0.717) is 0 Å². The summed E-state index contributed by atoms with van der Waals surface area (Å²) in [6.07, 6.45) is 0. The van der Waals surface area contributed by atoms with E-state index >= 15 is 0 Å². The van der Waals surface area contributed by atoms with Crippen molar-refractivity contribution in [2.24, 2.45) is 5.92 Å². The maximum Gasteiger partial charge on any atom is 0.292 e. The van der Waals surface area contributed by atoms with Crippen LogP contribution < -0.4 is 0 Å². The molecular formula is C7H14O5. The molecule has 1 saturated heterocycles. The molecule has 1 fully saturated rings. The molecule has 5 heteroatoms. The molecular weight excluding hydrogens is 164 g/mol. The maximum absolute atomic E-state index is 9.44. The highest BCUT2D eigenvalue weighted by Gasteiger charge is 2.55. The summed E-state index contributed by atoms with van der Waals surface area (Å²) in [6, 6.07) is 0. The summed E-state index contributed by atoms with van der Waals surface area (Å²) in [5.74, 6) is -3.48. The number of hydrogen-bond donors (Lipinski definition) is 3. The number of aliphatic hydroxyl groups excluding tert-OH is 2. The first-order chi connectivity index (χ1) is 5.43. The first-order valence-corrected chi connectivity index (χ1v) is 3.78. The Kier molecular flexibility index (Phi) is 2.42. The number of rotatable bonds is 3. The van der Waals surface area contributed by atoms with E-state index in [1.165, 1.54) is 0 Å². The molecule has 12 heavy (non-hydrogen) atoms. The van der Waals surface area contributed by atoms with Crippen molar-refractivity contribution in [3.05, 3.63) is 0 Å². The van der Waals surface area contributed by atoms with E-state index in [0.717, 1.165) is 0 Å². The quantitative estimate of drug-likeness (QED) is 0.517. The Labute approximate surface area is 70.5 Å². The van der Waals surface area contributed by atoms with E-state index < -0.39 is 17.7 Å². The molecule has 0 aromatic rings. The lowest BCUT2D eigenvalue weighted by Crippen LogP contribution is -2.64. The lowest BCUT2D eigenvalue weighted by molar-refractivity contribution is -0.585. The highest BCUT2D eigenvalue weighted by molar-refractivity contribution is 4.79. The number of aliphatic hydroxyl groups is 3. The van der Waals surface area contributed by atoms with E-state index in [4.69, 9.17) is 19.7 Å². The molecule has 0 aromatic carbocycles. The zero-order valence-corrected chi connectivity index (χ0v) is 7.15. The van der Waals surface area contributed by atoms with Gasteiger partial charge in [-0.15, -0.1) is 0 Å². The molecule has 1 heterocycles. The van der Waals surface area contributed by atoms with Crippen LogP contribution in [0.3, 0.4) is 0 Å². The third kappa shape index (κ3) is 1.60. The lowest BCUT2D eigenvalue weighted by atomic mass is 10.1. The van der Waals surface area contributed by atoms with Gasteiger partial charge in [-0.3, -0.25) is 9.47 Å². The Morgan fingerprint density at radius 2 is 1.58 bits per heavy atom. The Balaban J connectivity index is 2.53. The minimum absolute atomic E-state index is 0.386. The molecule has 0 aromatic heterocycles. The maximum atomic E-state index is 9.44. The molecule has 72 valence electrons. The van der Waals surface area contributed by atoms with Gasteiger partial charge in [0.15, 0.2) is 5.79 Å². The molecule has 0 spiro atoms. The topological polar surface area (TPSA) is 79.2 Å². The van der Waals surface area contributed by atoms with Crippen LogP contribution in [-0.4, -0.2) is 40.3 Å². The summed E-state index contributed by atoms with van der Waals surface area (Å²) in [7, 11) is 0. The summed E-state index contributed by atoms with van der Waals surface area (Å²) in [5, 5.41) is 26.9. The Morgan fingerprint density at radius 1 is 1.17 bits per heavy atom. The standard InChI is InChI=1S/C7H14O5/c1-6(2)11-7(10,12-6)5(3-8)4-9/h5,8-10H,3-4H2,1-2H3. The van der Waals surface area contributed by atoms with Gasteiger partial charge < -0.3 is 15.3 Å². The summed E-state index contributed by atoms with van der Waals surface area (Å²) in [6.45, 7) is 2.49. The van der Waals surface area contributed by atoms with Crippen LogP contribution in [0.5, 0.6) is 0 Å². The van der Waals surface area contributed by atoms with Gasteiger partial charge in [0.1, 0.15) is 0 Å². The largest absolute Gasteiger partial charge is 0.396 e. The second kappa shape index (κ2) is 2.93. The molecule has 3 N–H and O–H groups in total. The molecule has 0 amide bonds. The van der Waals surface area contributed by atoms with Gasteiger partial charge in [-0.2, -0.15) is 0 Å². The fourth-order valence-corrected chi connectivity index (χ4v) is 1.17. The van der Waals surface area contributed by atoms with E-state index in [9.17, 15) is 5.11 Å². The molecule has 0 unspecified atom stereocenters. The van der Waals surface area contributed by atoms with Gasteiger partial charge in [0.2, 0.25) is 0 Å². The second-order valence-electron chi connectivity index (χ2n) is 3.30. The number of ether oxygens (including phenoxy) is 2. The molecule has 0 saturated carbocycles. The predicted molar refractivity (Wildman–Crippen MR) is 38.9 cm³/mol. The molecule has 1 aliphatic rings. The average molecular weight is 178 g/mol. The van der Waals surface area contributed by atoms with Crippen LogP contribution in [0.25, 0.3) is 0 Å². The minimum atomic E-state index is -1.83. The van der Waals surface area contributed by atoms with Crippen molar-refractivity contribution in [1.82, 2.24) is 0 Å².